The Bertz CT molecular complexity index is 702. The van der Waals surface area contributed by atoms with E-state index in [4.69, 9.17) is 0 Å². The second-order valence-electron chi connectivity index (χ2n) is 5.53. The highest BCUT2D eigenvalue weighted by atomic mass is 79.9. The van der Waals surface area contributed by atoms with Crippen LogP contribution in [-0.4, -0.2) is 15.6 Å². The van der Waals surface area contributed by atoms with Crippen LogP contribution >= 0.6 is 15.9 Å². The van der Waals surface area contributed by atoms with Crippen LogP contribution in [0.1, 0.15) is 42.5 Å². The molecule has 0 amide bonds. The van der Waals surface area contributed by atoms with Gasteiger partial charge in [-0.15, -0.1) is 0 Å². The largest absolute Gasteiger partial charge is 0.481 e. The number of nitrogens with zero attached hydrogens (tertiary/aromatic N) is 1. The summed E-state index contributed by atoms with van der Waals surface area (Å²) in [5.74, 6) is -1.14. The summed E-state index contributed by atoms with van der Waals surface area (Å²) in [4.78, 5) is 11.4. The van der Waals surface area contributed by atoms with Crippen LogP contribution in [0.5, 0.6) is 0 Å². The Morgan fingerprint density at radius 3 is 2.90 bits per heavy atom. The van der Waals surface area contributed by atoms with Crippen LogP contribution in [0, 0.1) is 6.92 Å². The number of carboxylic acids is 1. The average Bonchev–Trinajstić information content (AvgIpc) is 2.67. The molecule has 2 heterocycles. The molecule has 0 saturated heterocycles. The summed E-state index contributed by atoms with van der Waals surface area (Å²) in [6.07, 6.45) is 2.78. The number of carboxylic acid groups (broad SMARTS) is 1. The monoisotopic (exact) mass is 335 g/mol. The van der Waals surface area contributed by atoms with Crippen molar-refractivity contribution in [2.24, 2.45) is 0 Å². The zero-order valence-electron chi connectivity index (χ0n) is 11.7. The third-order valence-electron chi connectivity index (χ3n) is 4.38. The van der Waals surface area contributed by atoms with Gasteiger partial charge in [0.05, 0.1) is 11.4 Å². The summed E-state index contributed by atoms with van der Waals surface area (Å²) < 4.78 is 3.46. The lowest BCUT2D eigenvalue weighted by Gasteiger charge is -2.19. The van der Waals surface area contributed by atoms with Crippen molar-refractivity contribution in [3.8, 4) is 0 Å². The van der Waals surface area contributed by atoms with Crippen LogP contribution in [0.3, 0.4) is 0 Å². The molecule has 0 spiro atoms. The first-order chi connectivity index (χ1) is 9.54. The van der Waals surface area contributed by atoms with E-state index in [2.05, 4.69) is 39.6 Å². The van der Waals surface area contributed by atoms with Crippen LogP contribution < -0.4 is 0 Å². The highest BCUT2D eigenvalue weighted by molar-refractivity contribution is 9.10. The molecule has 3 rings (SSSR count). The third kappa shape index (κ3) is 1.89. The molecule has 1 unspecified atom stereocenters. The molecule has 0 fully saturated rings. The van der Waals surface area contributed by atoms with E-state index in [0.717, 1.165) is 34.8 Å². The molecule has 0 bridgehead atoms. The number of rotatable bonds is 3. The lowest BCUT2D eigenvalue weighted by Crippen LogP contribution is -2.13. The van der Waals surface area contributed by atoms with Gasteiger partial charge in [0.1, 0.15) is 0 Å². The molecule has 1 aliphatic rings. The molecule has 2 aromatic rings. The molecular formula is C16H18BrNO2. The molecule has 0 aliphatic carbocycles. The van der Waals surface area contributed by atoms with Crippen LogP contribution in [0.4, 0.5) is 0 Å². The van der Waals surface area contributed by atoms with E-state index in [1.165, 1.54) is 16.8 Å². The highest BCUT2D eigenvalue weighted by Gasteiger charge is 2.24. The Morgan fingerprint density at radius 2 is 2.25 bits per heavy atom. The number of aryl methyl sites for hydroxylation is 2. The molecule has 0 radical (unpaired) electrons. The Labute approximate surface area is 126 Å². The number of aromatic nitrogens is 1. The molecule has 0 saturated carbocycles. The fourth-order valence-electron chi connectivity index (χ4n) is 3.34. The van der Waals surface area contributed by atoms with Crippen LogP contribution in [0.2, 0.25) is 0 Å². The van der Waals surface area contributed by atoms with Crippen molar-refractivity contribution in [2.75, 3.05) is 0 Å². The maximum atomic E-state index is 11.4. The highest BCUT2D eigenvalue weighted by Crippen LogP contribution is 2.38. The van der Waals surface area contributed by atoms with Gasteiger partial charge in [0.15, 0.2) is 0 Å². The van der Waals surface area contributed by atoms with Gasteiger partial charge in [-0.25, -0.2) is 0 Å². The molecule has 1 aromatic heterocycles. The van der Waals surface area contributed by atoms with E-state index in [1.807, 2.05) is 6.92 Å². The van der Waals surface area contributed by atoms with Crippen molar-refractivity contribution in [1.82, 2.24) is 4.57 Å². The quantitative estimate of drug-likeness (QED) is 0.911. The molecule has 1 N–H and O–H groups in total. The van der Waals surface area contributed by atoms with Crippen molar-refractivity contribution in [3.05, 3.63) is 33.4 Å². The minimum atomic E-state index is -0.734. The van der Waals surface area contributed by atoms with Gasteiger partial charge in [-0.05, 0) is 59.3 Å². The minimum absolute atomic E-state index is 0.409. The van der Waals surface area contributed by atoms with Gasteiger partial charge >= 0.3 is 5.97 Å². The molecule has 106 valence electrons. The lowest BCUT2D eigenvalue weighted by molar-refractivity contribution is -0.138. The summed E-state index contributed by atoms with van der Waals surface area (Å²) in [6.45, 7) is 5.10. The lowest BCUT2D eigenvalue weighted by atomic mass is 9.91. The SMILES string of the molecule is CCC(C(=O)O)c1cc2c3c(c1)c(Br)c(C)n3CCC2. The Kier molecular flexibility index (Phi) is 3.36. The average molecular weight is 336 g/mol. The fourth-order valence-corrected chi connectivity index (χ4v) is 3.85. The Morgan fingerprint density at radius 1 is 1.50 bits per heavy atom. The van der Waals surface area contributed by atoms with Gasteiger partial charge in [0, 0.05) is 22.1 Å². The van der Waals surface area contributed by atoms with Gasteiger partial charge in [0.2, 0.25) is 0 Å². The van der Waals surface area contributed by atoms with Crippen molar-refractivity contribution in [1.29, 1.82) is 0 Å². The van der Waals surface area contributed by atoms with Gasteiger partial charge in [-0.3, -0.25) is 4.79 Å². The van der Waals surface area contributed by atoms with Gasteiger partial charge in [-0.2, -0.15) is 0 Å². The van der Waals surface area contributed by atoms with Gasteiger partial charge in [-0.1, -0.05) is 13.0 Å². The molecule has 1 aliphatic heterocycles. The molecule has 1 aromatic carbocycles. The third-order valence-corrected chi connectivity index (χ3v) is 5.38. The first-order valence-corrected chi connectivity index (χ1v) is 7.87. The van der Waals surface area contributed by atoms with Crippen LogP contribution in [0.25, 0.3) is 10.9 Å². The molecule has 3 nitrogen and oxygen atoms in total. The maximum Gasteiger partial charge on any atom is 0.310 e. The summed E-state index contributed by atoms with van der Waals surface area (Å²) in [6, 6.07) is 4.16. The summed E-state index contributed by atoms with van der Waals surface area (Å²) in [5, 5.41) is 10.5. The molecular weight excluding hydrogens is 318 g/mol. The normalized spacial score (nSPS) is 15.6. The summed E-state index contributed by atoms with van der Waals surface area (Å²) in [7, 11) is 0. The zero-order valence-corrected chi connectivity index (χ0v) is 13.3. The van der Waals surface area contributed by atoms with Crippen molar-refractivity contribution in [2.45, 2.75) is 45.6 Å². The van der Waals surface area contributed by atoms with Crippen LogP contribution in [-0.2, 0) is 17.8 Å². The maximum absolute atomic E-state index is 11.4. The van der Waals surface area contributed by atoms with E-state index < -0.39 is 11.9 Å². The fraction of sp³-hybridized carbons (Fsp3) is 0.438. The topological polar surface area (TPSA) is 42.2 Å². The Balaban J connectivity index is 2.29. The van der Waals surface area contributed by atoms with Crippen molar-refractivity contribution >= 4 is 32.8 Å². The van der Waals surface area contributed by atoms with E-state index in [1.54, 1.807) is 0 Å². The molecule has 20 heavy (non-hydrogen) atoms. The number of aliphatic carboxylic acids is 1. The first kappa shape index (κ1) is 13.7. The smallest absolute Gasteiger partial charge is 0.310 e. The van der Waals surface area contributed by atoms with Crippen molar-refractivity contribution < 1.29 is 9.90 Å². The second kappa shape index (κ2) is 4.92. The summed E-state index contributed by atoms with van der Waals surface area (Å²) >= 11 is 3.68. The van der Waals surface area contributed by atoms with E-state index in [-0.39, 0.29) is 0 Å². The standard InChI is InChI=1S/C16H18BrNO2/c1-3-12(16(19)20)11-7-10-5-4-6-18-9(2)14(17)13(8-11)15(10)18/h7-8,12H,3-6H2,1-2H3,(H,19,20). The number of benzene rings is 1. The van der Waals surface area contributed by atoms with E-state index in [9.17, 15) is 9.90 Å². The summed E-state index contributed by atoms with van der Waals surface area (Å²) in [5.41, 5.74) is 4.74. The molecule has 4 heteroatoms. The predicted octanol–water partition coefficient (Wildman–Crippen LogP) is 4.24. The van der Waals surface area contributed by atoms with Gasteiger partial charge in [0.25, 0.3) is 0 Å². The predicted molar refractivity (Wildman–Crippen MR) is 83.4 cm³/mol. The van der Waals surface area contributed by atoms with Crippen molar-refractivity contribution in [3.63, 3.8) is 0 Å². The van der Waals surface area contributed by atoms with Gasteiger partial charge < -0.3 is 9.67 Å². The number of carbonyl (C=O) groups is 1. The van der Waals surface area contributed by atoms with E-state index in [0.29, 0.717) is 6.42 Å². The van der Waals surface area contributed by atoms with Crippen LogP contribution in [0.15, 0.2) is 16.6 Å². The molecule has 1 atom stereocenters. The number of hydrogen-bond acceptors (Lipinski definition) is 1. The number of hydrogen-bond donors (Lipinski definition) is 1. The first-order valence-electron chi connectivity index (χ1n) is 7.08. The Hall–Kier alpha value is -1.29. The second-order valence-corrected chi connectivity index (χ2v) is 6.32. The number of halogens is 1. The zero-order chi connectivity index (χ0) is 14.4. The van der Waals surface area contributed by atoms with E-state index >= 15 is 0 Å². The minimum Gasteiger partial charge on any atom is -0.481 e.